The summed E-state index contributed by atoms with van der Waals surface area (Å²) in [5.41, 5.74) is -0.155. The highest BCUT2D eigenvalue weighted by atomic mass is 16.6. The SMILES string of the molecule is CCC(C)C(=O)OCCOC(=O)c1ccccc1C(=O)O.CCCCC(CC)COC(=O)CCCCCOC(=O)CCCOC(=O)C(C)CC. The first-order chi connectivity index (χ1) is 23.9. The number of carbonyl (C=O) groups is 6. The molecule has 0 saturated carbocycles. The van der Waals surface area contributed by atoms with E-state index in [0.29, 0.717) is 38.4 Å². The fourth-order valence-corrected chi connectivity index (χ4v) is 4.20. The van der Waals surface area contributed by atoms with Crippen molar-refractivity contribution in [3.8, 4) is 0 Å². The number of ether oxygens (including phenoxy) is 5. The van der Waals surface area contributed by atoms with Crippen molar-refractivity contribution >= 4 is 35.8 Å². The molecule has 0 aliphatic carbocycles. The van der Waals surface area contributed by atoms with E-state index in [1.165, 1.54) is 31.0 Å². The Morgan fingerprint density at radius 3 is 1.72 bits per heavy atom. The first-order valence-corrected chi connectivity index (χ1v) is 18.0. The van der Waals surface area contributed by atoms with Gasteiger partial charge in [-0.05, 0) is 63.0 Å². The third kappa shape index (κ3) is 21.9. The fraction of sp³-hybridized carbons (Fsp3) is 0.684. The standard InChI is InChI=1S/C23H42O6.C15H18O6/c1-5-8-13-20(7-3)18-29-22(25)14-10-9-11-16-27-21(24)15-12-17-28-23(26)19(4)6-2;1-3-10(2)14(18)20-8-9-21-15(19)12-7-5-4-6-11(12)13(16)17/h19-20H,5-18H2,1-4H3;4-7,10H,3,8-9H2,1-2H3,(H,16,17). The minimum atomic E-state index is -1.20. The van der Waals surface area contributed by atoms with Crippen molar-refractivity contribution in [1.29, 1.82) is 0 Å². The molecule has 12 heteroatoms. The highest BCUT2D eigenvalue weighted by molar-refractivity contribution is 6.02. The molecule has 1 rings (SSSR count). The van der Waals surface area contributed by atoms with Crippen LogP contribution in [0, 0.1) is 17.8 Å². The molecule has 0 spiro atoms. The largest absolute Gasteiger partial charge is 0.478 e. The van der Waals surface area contributed by atoms with Crippen LogP contribution in [0.5, 0.6) is 0 Å². The maximum absolute atomic E-state index is 11.8. The zero-order valence-corrected chi connectivity index (χ0v) is 31.0. The third-order valence-electron chi connectivity index (χ3n) is 8.05. The lowest BCUT2D eigenvalue weighted by atomic mass is 10.0. The van der Waals surface area contributed by atoms with Crippen LogP contribution in [-0.2, 0) is 42.9 Å². The zero-order valence-electron chi connectivity index (χ0n) is 31.0. The van der Waals surface area contributed by atoms with Crippen molar-refractivity contribution in [2.45, 2.75) is 119 Å². The highest BCUT2D eigenvalue weighted by Gasteiger charge is 2.18. The first-order valence-electron chi connectivity index (χ1n) is 18.0. The van der Waals surface area contributed by atoms with Gasteiger partial charge in [-0.25, -0.2) is 9.59 Å². The van der Waals surface area contributed by atoms with Crippen LogP contribution in [0.1, 0.15) is 139 Å². The monoisotopic (exact) mass is 708 g/mol. The molecule has 0 aliphatic heterocycles. The van der Waals surface area contributed by atoms with E-state index in [1.807, 2.05) is 20.8 Å². The minimum Gasteiger partial charge on any atom is -0.478 e. The maximum atomic E-state index is 11.8. The van der Waals surface area contributed by atoms with Crippen LogP contribution in [0.25, 0.3) is 0 Å². The van der Waals surface area contributed by atoms with E-state index < -0.39 is 11.9 Å². The Hall–Kier alpha value is -3.96. The van der Waals surface area contributed by atoms with Gasteiger partial charge in [0.15, 0.2) is 0 Å². The van der Waals surface area contributed by atoms with Crippen molar-refractivity contribution in [3.63, 3.8) is 0 Å². The number of carboxylic acid groups (broad SMARTS) is 1. The summed E-state index contributed by atoms with van der Waals surface area (Å²) in [6.07, 6.45) is 9.36. The van der Waals surface area contributed by atoms with Crippen molar-refractivity contribution in [2.75, 3.05) is 33.0 Å². The van der Waals surface area contributed by atoms with Gasteiger partial charge in [0.25, 0.3) is 0 Å². The molecule has 0 bridgehead atoms. The summed E-state index contributed by atoms with van der Waals surface area (Å²) in [4.78, 5) is 69.1. The number of unbranched alkanes of at least 4 members (excludes halogenated alkanes) is 3. The molecule has 0 radical (unpaired) electrons. The van der Waals surface area contributed by atoms with E-state index in [9.17, 15) is 28.8 Å². The van der Waals surface area contributed by atoms with Gasteiger partial charge in [-0.2, -0.15) is 0 Å². The van der Waals surface area contributed by atoms with Crippen LogP contribution in [-0.4, -0.2) is 74.0 Å². The molecule has 0 fully saturated rings. The zero-order chi connectivity index (χ0) is 37.7. The van der Waals surface area contributed by atoms with Gasteiger partial charge in [0, 0.05) is 12.8 Å². The van der Waals surface area contributed by atoms with Crippen LogP contribution in [0.4, 0.5) is 0 Å². The third-order valence-corrected chi connectivity index (χ3v) is 8.05. The Morgan fingerprint density at radius 2 is 1.14 bits per heavy atom. The van der Waals surface area contributed by atoms with Crippen molar-refractivity contribution in [2.24, 2.45) is 17.8 Å². The van der Waals surface area contributed by atoms with Crippen LogP contribution in [0.15, 0.2) is 24.3 Å². The van der Waals surface area contributed by atoms with Crippen LogP contribution in [0.2, 0.25) is 0 Å². The summed E-state index contributed by atoms with van der Waals surface area (Å²) in [6, 6.07) is 5.76. The molecule has 1 aromatic carbocycles. The van der Waals surface area contributed by atoms with Gasteiger partial charge >= 0.3 is 35.8 Å². The lowest BCUT2D eigenvalue weighted by Gasteiger charge is -2.14. The average molecular weight is 709 g/mol. The summed E-state index contributed by atoms with van der Waals surface area (Å²) in [6.45, 7) is 12.6. The number of carbonyl (C=O) groups excluding carboxylic acids is 5. The Balaban J connectivity index is 0.00000101. The Morgan fingerprint density at radius 1 is 0.600 bits per heavy atom. The Bertz CT molecular complexity index is 1150. The van der Waals surface area contributed by atoms with Crippen LogP contribution in [0.3, 0.4) is 0 Å². The molecule has 0 aromatic heterocycles. The lowest BCUT2D eigenvalue weighted by Crippen LogP contribution is -2.19. The van der Waals surface area contributed by atoms with Crippen molar-refractivity contribution < 1.29 is 57.6 Å². The van der Waals surface area contributed by atoms with Gasteiger partial charge in [0.2, 0.25) is 0 Å². The normalized spacial score (nSPS) is 12.3. The second-order valence-electron chi connectivity index (χ2n) is 12.2. The van der Waals surface area contributed by atoms with Crippen LogP contribution >= 0.6 is 0 Å². The van der Waals surface area contributed by atoms with E-state index in [2.05, 4.69) is 13.8 Å². The fourth-order valence-electron chi connectivity index (χ4n) is 4.20. The summed E-state index contributed by atoms with van der Waals surface area (Å²) >= 11 is 0. The van der Waals surface area contributed by atoms with Gasteiger partial charge in [-0.15, -0.1) is 0 Å². The van der Waals surface area contributed by atoms with Crippen molar-refractivity contribution in [1.82, 2.24) is 0 Å². The summed E-state index contributed by atoms with van der Waals surface area (Å²) in [5.74, 6) is -2.77. The number of esters is 5. The first kappa shape index (κ1) is 46.0. The molecule has 0 aliphatic rings. The van der Waals surface area contributed by atoms with Crippen LogP contribution < -0.4 is 0 Å². The predicted octanol–water partition coefficient (Wildman–Crippen LogP) is 7.35. The smallest absolute Gasteiger partial charge is 0.339 e. The molecule has 1 N–H and O–H groups in total. The molecule has 284 valence electrons. The number of carboxylic acids is 1. The number of benzene rings is 1. The lowest BCUT2D eigenvalue weighted by molar-refractivity contribution is -0.150. The van der Waals surface area contributed by atoms with E-state index in [-0.39, 0.29) is 73.1 Å². The molecule has 50 heavy (non-hydrogen) atoms. The predicted molar refractivity (Wildman–Crippen MR) is 187 cm³/mol. The van der Waals surface area contributed by atoms with E-state index in [1.54, 1.807) is 13.0 Å². The van der Waals surface area contributed by atoms with Gasteiger partial charge in [-0.3, -0.25) is 19.2 Å². The molecule has 0 amide bonds. The highest BCUT2D eigenvalue weighted by Crippen LogP contribution is 2.14. The van der Waals surface area contributed by atoms with E-state index in [4.69, 9.17) is 28.8 Å². The molecule has 12 nitrogen and oxygen atoms in total. The number of hydrogen-bond donors (Lipinski definition) is 1. The molecule has 1 aromatic rings. The number of aromatic carboxylic acids is 1. The minimum absolute atomic E-state index is 0.0294. The second-order valence-corrected chi connectivity index (χ2v) is 12.2. The number of hydrogen-bond acceptors (Lipinski definition) is 11. The molecular formula is C38H60O12. The maximum Gasteiger partial charge on any atom is 0.339 e. The summed E-state index contributed by atoms with van der Waals surface area (Å²) < 4.78 is 25.5. The quantitative estimate of drug-likeness (QED) is 0.0610. The van der Waals surface area contributed by atoms with E-state index >= 15 is 0 Å². The molecule has 3 atom stereocenters. The summed E-state index contributed by atoms with van der Waals surface area (Å²) in [7, 11) is 0. The summed E-state index contributed by atoms with van der Waals surface area (Å²) in [5, 5.41) is 8.97. The van der Waals surface area contributed by atoms with Gasteiger partial charge in [0.1, 0.15) is 13.2 Å². The molecule has 3 unspecified atom stereocenters. The number of rotatable bonds is 25. The van der Waals surface area contributed by atoms with Crippen molar-refractivity contribution in [3.05, 3.63) is 35.4 Å². The van der Waals surface area contributed by atoms with Gasteiger partial charge in [0.05, 0.1) is 42.8 Å². The van der Waals surface area contributed by atoms with E-state index in [0.717, 1.165) is 38.5 Å². The Labute approximate surface area is 297 Å². The molecular weight excluding hydrogens is 648 g/mol. The molecule has 0 heterocycles. The average Bonchev–Trinajstić information content (AvgIpc) is 3.12. The van der Waals surface area contributed by atoms with Gasteiger partial charge < -0.3 is 28.8 Å². The topological polar surface area (TPSA) is 169 Å². The molecule has 0 saturated heterocycles. The second kappa shape index (κ2) is 28.8. The Kier molecular flexibility index (Phi) is 26.6. The van der Waals surface area contributed by atoms with Gasteiger partial charge in [-0.1, -0.05) is 72.9 Å².